The highest BCUT2D eigenvalue weighted by atomic mass is 16.2. The fraction of sp³-hybridized carbons (Fsp3) is 0.364. The number of likely N-dealkylation sites (tertiary alicyclic amines) is 1. The van der Waals surface area contributed by atoms with E-state index in [1.54, 1.807) is 36.4 Å². The number of benzene rings is 2. The van der Waals surface area contributed by atoms with Crippen molar-refractivity contribution in [2.24, 2.45) is 0 Å². The molecule has 0 bridgehead atoms. The molecule has 28 heavy (non-hydrogen) atoms. The molecule has 6 heteroatoms. The van der Waals surface area contributed by atoms with E-state index in [9.17, 15) is 9.59 Å². The normalized spacial score (nSPS) is 14.9. The molecule has 0 aliphatic carbocycles. The number of nitrogens with two attached hydrogens (primary N) is 1. The summed E-state index contributed by atoms with van der Waals surface area (Å²) in [5.41, 5.74) is 8.67. The molecule has 2 amide bonds. The second-order valence-electron chi connectivity index (χ2n) is 7.28. The van der Waals surface area contributed by atoms with Crippen LogP contribution in [0.25, 0.3) is 0 Å². The van der Waals surface area contributed by atoms with Gasteiger partial charge in [0.25, 0.3) is 0 Å². The van der Waals surface area contributed by atoms with Gasteiger partial charge >= 0.3 is 0 Å². The number of nitrogens with one attached hydrogen (secondary N) is 2. The first kappa shape index (κ1) is 19.9. The van der Waals surface area contributed by atoms with Crippen LogP contribution in [-0.4, -0.2) is 36.3 Å². The van der Waals surface area contributed by atoms with E-state index < -0.39 is 0 Å². The third kappa shape index (κ3) is 6.39. The van der Waals surface area contributed by atoms with Crippen molar-refractivity contribution in [3.8, 4) is 0 Å². The van der Waals surface area contributed by atoms with E-state index in [1.165, 1.54) is 12.8 Å². The summed E-state index contributed by atoms with van der Waals surface area (Å²) in [5, 5.41) is 5.80. The second-order valence-corrected chi connectivity index (χ2v) is 7.28. The SMILES string of the molecule is Nc1ccc(CC(=O)Nc2ccc(NC(=O)CN3CCCCCC3)cc2)cc1. The molecular weight excluding hydrogens is 352 g/mol. The van der Waals surface area contributed by atoms with Crippen LogP contribution in [0.5, 0.6) is 0 Å². The molecule has 2 aromatic carbocycles. The molecule has 148 valence electrons. The summed E-state index contributed by atoms with van der Waals surface area (Å²) >= 11 is 0. The average molecular weight is 380 g/mol. The van der Waals surface area contributed by atoms with Crippen molar-refractivity contribution in [2.75, 3.05) is 36.0 Å². The molecule has 1 heterocycles. The van der Waals surface area contributed by atoms with Gasteiger partial charge in [0.05, 0.1) is 13.0 Å². The van der Waals surface area contributed by atoms with E-state index in [0.717, 1.165) is 37.2 Å². The third-order valence-corrected chi connectivity index (χ3v) is 4.86. The minimum absolute atomic E-state index is 0.00189. The lowest BCUT2D eigenvalue weighted by Crippen LogP contribution is -2.33. The molecule has 3 rings (SSSR count). The van der Waals surface area contributed by atoms with Crippen molar-refractivity contribution < 1.29 is 9.59 Å². The van der Waals surface area contributed by atoms with Crippen LogP contribution in [-0.2, 0) is 16.0 Å². The topological polar surface area (TPSA) is 87.5 Å². The summed E-state index contributed by atoms with van der Waals surface area (Å²) in [6.45, 7) is 2.42. The number of carbonyl (C=O) groups is 2. The molecule has 4 N–H and O–H groups in total. The molecule has 6 nitrogen and oxygen atoms in total. The van der Waals surface area contributed by atoms with Gasteiger partial charge in [0, 0.05) is 17.1 Å². The maximum absolute atomic E-state index is 12.3. The fourth-order valence-electron chi connectivity index (χ4n) is 3.36. The molecular formula is C22H28N4O2. The number of carbonyl (C=O) groups excluding carboxylic acids is 2. The molecule has 0 spiro atoms. The van der Waals surface area contributed by atoms with Crippen LogP contribution in [0.15, 0.2) is 48.5 Å². The predicted molar refractivity (Wildman–Crippen MR) is 113 cm³/mol. The summed E-state index contributed by atoms with van der Waals surface area (Å²) in [5.74, 6) is -0.0928. The molecule has 1 aliphatic rings. The number of nitrogen functional groups attached to an aromatic ring is 1. The van der Waals surface area contributed by atoms with Crippen LogP contribution >= 0.6 is 0 Å². The molecule has 0 unspecified atom stereocenters. The molecule has 1 fully saturated rings. The zero-order valence-corrected chi connectivity index (χ0v) is 16.1. The number of rotatable bonds is 6. The van der Waals surface area contributed by atoms with Gasteiger partial charge in [-0.15, -0.1) is 0 Å². The van der Waals surface area contributed by atoms with Crippen molar-refractivity contribution in [3.05, 3.63) is 54.1 Å². The van der Waals surface area contributed by atoms with E-state index in [1.807, 2.05) is 12.1 Å². The monoisotopic (exact) mass is 380 g/mol. The van der Waals surface area contributed by atoms with Crippen LogP contribution in [0.4, 0.5) is 17.1 Å². The Morgan fingerprint density at radius 2 is 1.32 bits per heavy atom. The van der Waals surface area contributed by atoms with E-state index in [0.29, 0.717) is 17.9 Å². The van der Waals surface area contributed by atoms with Crippen molar-refractivity contribution >= 4 is 28.9 Å². The first-order chi connectivity index (χ1) is 13.6. The Hall–Kier alpha value is -2.86. The van der Waals surface area contributed by atoms with Gasteiger partial charge in [-0.3, -0.25) is 14.5 Å². The zero-order chi connectivity index (χ0) is 19.8. The molecule has 0 saturated carbocycles. The summed E-state index contributed by atoms with van der Waals surface area (Å²) < 4.78 is 0. The van der Waals surface area contributed by atoms with Crippen molar-refractivity contribution in [2.45, 2.75) is 32.1 Å². The van der Waals surface area contributed by atoms with Crippen molar-refractivity contribution in [1.82, 2.24) is 4.90 Å². The van der Waals surface area contributed by atoms with E-state index >= 15 is 0 Å². The first-order valence-electron chi connectivity index (χ1n) is 9.85. The van der Waals surface area contributed by atoms with E-state index in [-0.39, 0.29) is 18.2 Å². The minimum atomic E-state index is -0.0947. The van der Waals surface area contributed by atoms with Gasteiger partial charge in [0.2, 0.25) is 11.8 Å². The molecule has 0 aromatic heterocycles. The average Bonchev–Trinajstić information content (AvgIpc) is 2.94. The van der Waals surface area contributed by atoms with E-state index in [2.05, 4.69) is 15.5 Å². The Bertz CT molecular complexity index is 779. The second kappa shape index (κ2) is 9.90. The number of nitrogens with zero attached hydrogens (tertiary/aromatic N) is 1. The predicted octanol–water partition coefficient (Wildman–Crippen LogP) is 3.26. The van der Waals surface area contributed by atoms with Crippen LogP contribution in [0.3, 0.4) is 0 Å². The van der Waals surface area contributed by atoms with Gasteiger partial charge in [-0.1, -0.05) is 25.0 Å². The Balaban J connectivity index is 1.46. The highest BCUT2D eigenvalue weighted by Crippen LogP contribution is 2.15. The molecule has 1 aliphatic heterocycles. The maximum atomic E-state index is 12.3. The van der Waals surface area contributed by atoms with Gasteiger partial charge in [-0.05, 0) is 67.9 Å². The summed E-state index contributed by atoms with van der Waals surface area (Å²) in [4.78, 5) is 26.6. The Morgan fingerprint density at radius 1 is 0.786 bits per heavy atom. The number of anilines is 3. The molecule has 0 atom stereocenters. The van der Waals surface area contributed by atoms with Crippen LogP contribution < -0.4 is 16.4 Å². The fourth-order valence-corrected chi connectivity index (χ4v) is 3.36. The van der Waals surface area contributed by atoms with Gasteiger partial charge in [0.15, 0.2) is 0 Å². The Kier molecular flexibility index (Phi) is 7.03. The van der Waals surface area contributed by atoms with Gasteiger partial charge in [-0.25, -0.2) is 0 Å². The van der Waals surface area contributed by atoms with E-state index in [4.69, 9.17) is 5.73 Å². The van der Waals surface area contributed by atoms with Gasteiger partial charge in [0.1, 0.15) is 0 Å². The lowest BCUT2D eigenvalue weighted by molar-refractivity contribution is -0.117. The molecule has 1 saturated heterocycles. The van der Waals surface area contributed by atoms with Crippen LogP contribution in [0, 0.1) is 0 Å². The summed E-state index contributed by atoms with van der Waals surface area (Å²) in [7, 11) is 0. The number of hydrogen-bond donors (Lipinski definition) is 3. The lowest BCUT2D eigenvalue weighted by Gasteiger charge is -2.19. The highest BCUT2D eigenvalue weighted by molar-refractivity contribution is 5.94. The smallest absolute Gasteiger partial charge is 0.238 e. The highest BCUT2D eigenvalue weighted by Gasteiger charge is 2.13. The lowest BCUT2D eigenvalue weighted by atomic mass is 10.1. The Morgan fingerprint density at radius 3 is 1.89 bits per heavy atom. The summed E-state index contributed by atoms with van der Waals surface area (Å²) in [6.07, 6.45) is 5.12. The van der Waals surface area contributed by atoms with Gasteiger partial charge < -0.3 is 16.4 Å². The minimum Gasteiger partial charge on any atom is -0.399 e. The standard InChI is InChI=1S/C22H28N4O2/c23-18-7-5-17(6-8-18)15-21(27)24-19-9-11-20(12-10-19)25-22(28)16-26-13-3-1-2-4-14-26/h5-12H,1-4,13-16,23H2,(H,24,27)(H,25,28). The number of hydrogen-bond acceptors (Lipinski definition) is 4. The van der Waals surface area contributed by atoms with Crippen molar-refractivity contribution in [3.63, 3.8) is 0 Å². The number of amides is 2. The molecule has 0 radical (unpaired) electrons. The zero-order valence-electron chi connectivity index (χ0n) is 16.1. The van der Waals surface area contributed by atoms with Crippen LogP contribution in [0.2, 0.25) is 0 Å². The quantitative estimate of drug-likeness (QED) is 0.671. The first-order valence-corrected chi connectivity index (χ1v) is 9.85. The van der Waals surface area contributed by atoms with Gasteiger partial charge in [-0.2, -0.15) is 0 Å². The van der Waals surface area contributed by atoms with Crippen LogP contribution in [0.1, 0.15) is 31.2 Å². The Labute approximate surface area is 166 Å². The molecule has 2 aromatic rings. The third-order valence-electron chi connectivity index (χ3n) is 4.86. The largest absolute Gasteiger partial charge is 0.399 e. The van der Waals surface area contributed by atoms with Crippen molar-refractivity contribution in [1.29, 1.82) is 0 Å². The summed E-state index contributed by atoms with van der Waals surface area (Å²) in [6, 6.07) is 14.5. The maximum Gasteiger partial charge on any atom is 0.238 e.